The molecule has 1 saturated carbocycles. The summed E-state index contributed by atoms with van der Waals surface area (Å²) in [5, 5.41) is 9.58. The lowest BCUT2D eigenvalue weighted by Gasteiger charge is -2.20. The monoisotopic (exact) mass is 419 g/mol. The smallest absolute Gasteiger partial charge is 0.311 e. The van der Waals surface area contributed by atoms with Crippen LogP contribution in [0.4, 0.5) is 0 Å². The number of hydrogen-bond acceptors (Lipinski definition) is 5. The van der Waals surface area contributed by atoms with Crippen molar-refractivity contribution < 1.29 is 19.0 Å². The SMILES string of the molecule is COc1ccc(/C(C#N)=C\c2ccc(OC(=O)CCC3CCCCC3)c(OC)c2)cc1. The molecule has 162 valence electrons. The van der Waals surface area contributed by atoms with Crippen LogP contribution in [0.15, 0.2) is 42.5 Å². The minimum atomic E-state index is -0.233. The first kappa shape index (κ1) is 22.4. The van der Waals surface area contributed by atoms with Crippen molar-refractivity contribution in [3.63, 3.8) is 0 Å². The van der Waals surface area contributed by atoms with Crippen LogP contribution in [0.25, 0.3) is 11.6 Å². The van der Waals surface area contributed by atoms with Crippen LogP contribution in [0.2, 0.25) is 0 Å². The molecule has 0 aromatic heterocycles. The molecule has 0 amide bonds. The molecule has 0 N–H and O–H groups in total. The summed E-state index contributed by atoms with van der Waals surface area (Å²) >= 11 is 0. The van der Waals surface area contributed by atoms with Crippen molar-refractivity contribution in [2.24, 2.45) is 5.92 Å². The Bertz CT molecular complexity index is 950. The number of ether oxygens (including phenoxy) is 3. The standard InChI is InChI=1S/C26H29NO4/c1-29-23-12-10-21(11-13-23)22(18-27)16-20-8-14-24(25(17-20)30-2)31-26(28)15-9-19-6-4-3-5-7-19/h8,10-14,16-17,19H,3-7,9,15H2,1-2H3/b22-16-. The highest BCUT2D eigenvalue weighted by Gasteiger charge is 2.17. The normalized spacial score (nSPS) is 14.5. The summed E-state index contributed by atoms with van der Waals surface area (Å²) in [6.07, 6.45) is 9.36. The summed E-state index contributed by atoms with van der Waals surface area (Å²) in [6.45, 7) is 0. The third kappa shape index (κ3) is 6.36. The molecule has 1 aliphatic carbocycles. The predicted octanol–water partition coefficient (Wildman–Crippen LogP) is 6.03. The van der Waals surface area contributed by atoms with E-state index >= 15 is 0 Å². The van der Waals surface area contributed by atoms with Gasteiger partial charge in [-0.15, -0.1) is 0 Å². The number of carbonyl (C=O) groups excluding carboxylic acids is 1. The first-order chi connectivity index (χ1) is 15.1. The van der Waals surface area contributed by atoms with E-state index < -0.39 is 0 Å². The number of nitrogens with zero attached hydrogens (tertiary/aromatic N) is 1. The lowest BCUT2D eigenvalue weighted by molar-refractivity contribution is -0.134. The Morgan fingerprint density at radius 3 is 2.42 bits per heavy atom. The number of methoxy groups -OCH3 is 2. The second-order valence-corrected chi connectivity index (χ2v) is 7.83. The van der Waals surface area contributed by atoms with E-state index in [2.05, 4.69) is 6.07 Å². The lowest BCUT2D eigenvalue weighted by Crippen LogP contribution is -2.13. The van der Waals surface area contributed by atoms with Gasteiger partial charge in [0.05, 0.1) is 25.9 Å². The van der Waals surface area contributed by atoms with E-state index in [4.69, 9.17) is 14.2 Å². The van der Waals surface area contributed by atoms with Crippen LogP contribution in [0.1, 0.15) is 56.1 Å². The second-order valence-electron chi connectivity index (χ2n) is 7.83. The quantitative estimate of drug-likeness (QED) is 0.226. The Kier molecular flexibility index (Phi) is 8.12. The van der Waals surface area contributed by atoms with Gasteiger partial charge in [0.15, 0.2) is 11.5 Å². The van der Waals surface area contributed by atoms with E-state index in [1.54, 1.807) is 25.3 Å². The minimum Gasteiger partial charge on any atom is -0.497 e. The molecule has 3 rings (SSSR count). The fraction of sp³-hybridized carbons (Fsp3) is 0.385. The van der Waals surface area contributed by atoms with Crippen LogP contribution in [-0.2, 0) is 4.79 Å². The second kappa shape index (κ2) is 11.2. The summed E-state index contributed by atoms with van der Waals surface area (Å²) in [7, 11) is 3.14. The molecule has 5 heteroatoms. The Labute approximate surface area is 184 Å². The maximum atomic E-state index is 12.3. The molecule has 0 unspecified atom stereocenters. The van der Waals surface area contributed by atoms with Gasteiger partial charge >= 0.3 is 5.97 Å². The Balaban J connectivity index is 1.68. The highest BCUT2D eigenvalue weighted by Crippen LogP contribution is 2.31. The average Bonchev–Trinajstić information content (AvgIpc) is 2.82. The molecule has 0 radical (unpaired) electrons. The molecule has 1 aliphatic rings. The van der Waals surface area contributed by atoms with E-state index in [-0.39, 0.29) is 5.97 Å². The largest absolute Gasteiger partial charge is 0.497 e. The lowest BCUT2D eigenvalue weighted by atomic mass is 9.86. The number of carbonyl (C=O) groups is 1. The van der Waals surface area contributed by atoms with Crippen LogP contribution in [0.3, 0.4) is 0 Å². The third-order valence-corrected chi connectivity index (χ3v) is 5.73. The fourth-order valence-electron chi connectivity index (χ4n) is 3.95. The summed E-state index contributed by atoms with van der Waals surface area (Å²) < 4.78 is 16.2. The van der Waals surface area contributed by atoms with E-state index in [0.29, 0.717) is 29.4 Å². The topological polar surface area (TPSA) is 68.5 Å². The van der Waals surface area contributed by atoms with Gasteiger partial charge in [0.25, 0.3) is 0 Å². The number of nitriles is 1. The van der Waals surface area contributed by atoms with Crippen LogP contribution in [-0.4, -0.2) is 20.2 Å². The van der Waals surface area contributed by atoms with Crippen LogP contribution < -0.4 is 14.2 Å². The Hall–Kier alpha value is -3.26. The van der Waals surface area contributed by atoms with Gasteiger partial charge < -0.3 is 14.2 Å². The zero-order valence-electron chi connectivity index (χ0n) is 18.2. The van der Waals surface area contributed by atoms with Crippen LogP contribution in [0.5, 0.6) is 17.2 Å². The number of allylic oxidation sites excluding steroid dienone is 1. The van der Waals surface area contributed by atoms with Crippen molar-refractivity contribution in [1.82, 2.24) is 0 Å². The van der Waals surface area contributed by atoms with Gasteiger partial charge in [0.2, 0.25) is 0 Å². The molecule has 2 aromatic rings. The van der Waals surface area contributed by atoms with E-state index in [1.165, 1.54) is 39.2 Å². The molecule has 0 aliphatic heterocycles. The van der Waals surface area contributed by atoms with Crippen molar-refractivity contribution in [2.45, 2.75) is 44.9 Å². The molecule has 0 atom stereocenters. The minimum absolute atomic E-state index is 0.233. The van der Waals surface area contributed by atoms with Crippen molar-refractivity contribution in [3.8, 4) is 23.3 Å². The molecule has 0 heterocycles. The Morgan fingerprint density at radius 1 is 1.03 bits per heavy atom. The maximum absolute atomic E-state index is 12.3. The molecule has 1 fully saturated rings. The molecule has 0 bridgehead atoms. The number of rotatable bonds is 8. The number of esters is 1. The van der Waals surface area contributed by atoms with Gasteiger partial charge in [0.1, 0.15) is 5.75 Å². The highest BCUT2D eigenvalue weighted by molar-refractivity contribution is 5.90. The maximum Gasteiger partial charge on any atom is 0.311 e. The molecule has 0 spiro atoms. The first-order valence-corrected chi connectivity index (χ1v) is 10.8. The third-order valence-electron chi connectivity index (χ3n) is 5.73. The van der Waals surface area contributed by atoms with Crippen molar-refractivity contribution >= 4 is 17.6 Å². The number of hydrogen-bond donors (Lipinski definition) is 0. The zero-order chi connectivity index (χ0) is 22.1. The van der Waals surface area contributed by atoms with Gasteiger partial charge in [0, 0.05) is 6.42 Å². The van der Waals surface area contributed by atoms with Gasteiger partial charge in [-0.1, -0.05) is 38.2 Å². The molecule has 5 nitrogen and oxygen atoms in total. The first-order valence-electron chi connectivity index (χ1n) is 10.8. The van der Waals surface area contributed by atoms with Crippen LogP contribution in [0, 0.1) is 17.2 Å². The molecule has 31 heavy (non-hydrogen) atoms. The Morgan fingerprint density at radius 2 is 1.77 bits per heavy atom. The van der Waals surface area contributed by atoms with Gasteiger partial charge in [-0.3, -0.25) is 4.79 Å². The summed E-state index contributed by atoms with van der Waals surface area (Å²) in [5.41, 5.74) is 2.09. The number of benzene rings is 2. The van der Waals surface area contributed by atoms with Gasteiger partial charge in [-0.05, 0) is 65.9 Å². The fourth-order valence-corrected chi connectivity index (χ4v) is 3.95. The van der Waals surface area contributed by atoms with Gasteiger partial charge in [-0.25, -0.2) is 0 Å². The summed E-state index contributed by atoms with van der Waals surface area (Å²) in [4.78, 5) is 12.3. The van der Waals surface area contributed by atoms with E-state index in [1.807, 2.05) is 30.3 Å². The average molecular weight is 420 g/mol. The molecule has 0 saturated heterocycles. The van der Waals surface area contributed by atoms with Crippen molar-refractivity contribution in [3.05, 3.63) is 53.6 Å². The molecular weight excluding hydrogens is 390 g/mol. The van der Waals surface area contributed by atoms with E-state index in [9.17, 15) is 10.1 Å². The van der Waals surface area contributed by atoms with E-state index in [0.717, 1.165) is 23.3 Å². The summed E-state index contributed by atoms with van der Waals surface area (Å²) in [5.74, 6) is 2.00. The van der Waals surface area contributed by atoms with Gasteiger partial charge in [-0.2, -0.15) is 5.26 Å². The zero-order valence-corrected chi connectivity index (χ0v) is 18.2. The van der Waals surface area contributed by atoms with Crippen molar-refractivity contribution in [1.29, 1.82) is 5.26 Å². The predicted molar refractivity (Wildman–Crippen MR) is 121 cm³/mol. The van der Waals surface area contributed by atoms with Crippen molar-refractivity contribution in [2.75, 3.05) is 14.2 Å². The summed E-state index contributed by atoms with van der Waals surface area (Å²) in [6, 6.07) is 14.8. The highest BCUT2D eigenvalue weighted by atomic mass is 16.6. The molecule has 2 aromatic carbocycles. The van der Waals surface area contributed by atoms with Crippen LogP contribution >= 0.6 is 0 Å². The molecular formula is C26H29NO4.